The maximum Gasteiger partial charge on any atom is 0.369 e. The monoisotopic (exact) mass is 499 g/mol. The number of benzene rings is 5. The standard InChI is InChI=1S/C37H23O2/c1-3-12-25(13-4-1)33-22-28(23-34(38-33)26-14-5-2-6-15-26)35-30-17-9-10-18-31(30)37-32(35)21-27-20-19-24-11-7-8-16-29(24)36(27)39-37/h1-23H/q+1. The van der Waals surface area contributed by atoms with Gasteiger partial charge in [0.25, 0.3) is 0 Å². The van der Waals surface area contributed by atoms with Crippen molar-refractivity contribution in [2.75, 3.05) is 0 Å². The van der Waals surface area contributed by atoms with Crippen molar-refractivity contribution in [2.24, 2.45) is 0 Å². The molecule has 0 spiro atoms. The first-order valence-electron chi connectivity index (χ1n) is 13.2. The van der Waals surface area contributed by atoms with Gasteiger partial charge in [-0.3, -0.25) is 0 Å². The Morgan fingerprint density at radius 1 is 0.487 bits per heavy atom. The van der Waals surface area contributed by atoms with E-state index in [0.717, 1.165) is 67.0 Å². The van der Waals surface area contributed by atoms with Gasteiger partial charge in [-0.15, -0.1) is 0 Å². The maximum atomic E-state index is 6.78. The molecule has 0 unspecified atom stereocenters. The molecule has 1 aliphatic carbocycles. The van der Waals surface area contributed by atoms with Gasteiger partial charge in [0, 0.05) is 16.7 Å². The van der Waals surface area contributed by atoms with Gasteiger partial charge < -0.3 is 4.74 Å². The van der Waals surface area contributed by atoms with Crippen LogP contribution >= 0.6 is 0 Å². The molecule has 39 heavy (non-hydrogen) atoms. The summed E-state index contributed by atoms with van der Waals surface area (Å²) in [6.45, 7) is 0. The summed E-state index contributed by atoms with van der Waals surface area (Å²) >= 11 is 0. The fourth-order valence-corrected chi connectivity index (χ4v) is 5.74. The van der Waals surface area contributed by atoms with E-state index in [0.29, 0.717) is 0 Å². The Labute approximate surface area is 226 Å². The highest BCUT2D eigenvalue weighted by Crippen LogP contribution is 2.49. The van der Waals surface area contributed by atoms with Crippen molar-refractivity contribution in [3.05, 3.63) is 167 Å². The molecule has 6 aromatic rings. The van der Waals surface area contributed by atoms with Crippen LogP contribution in [0, 0.1) is 0 Å². The van der Waals surface area contributed by atoms with E-state index in [4.69, 9.17) is 9.15 Å². The van der Waals surface area contributed by atoms with Crippen molar-refractivity contribution in [3.8, 4) is 11.3 Å². The van der Waals surface area contributed by atoms with Crippen molar-refractivity contribution in [1.82, 2.24) is 0 Å². The summed E-state index contributed by atoms with van der Waals surface area (Å²) in [6, 6.07) is 44.1. The van der Waals surface area contributed by atoms with Crippen molar-refractivity contribution in [3.63, 3.8) is 0 Å². The molecule has 0 amide bonds. The van der Waals surface area contributed by atoms with Gasteiger partial charge in [-0.05, 0) is 52.9 Å². The van der Waals surface area contributed by atoms with Crippen LogP contribution in [0.3, 0.4) is 0 Å². The molecule has 0 saturated carbocycles. The fraction of sp³-hybridized carbons (Fsp3) is 0. The predicted molar refractivity (Wildman–Crippen MR) is 160 cm³/mol. The Hall–Kier alpha value is -5.21. The number of hydrogen-bond acceptors (Lipinski definition) is 1. The minimum Gasteiger partial charge on any atom is -0.456 e. The van der Waals surface area contributed by atoms with E-state index in [1.807, 2.05) is 36.4 Å². The molecule has 2 heterocycles. The van der Waals surface area contributed by atoms with Gasteiger partial charge in [0.05, 0.1) is 21.9 Å². The van der Waals surface area contributed by atoms with Crippen molar-refractivity contribution < 1.29 is 9.15 Å². The summed E-state index contributed by atoms with van der Waals surface area (Å²) in [5.74, 6) is 2.57. The molecule has 1 aromatic heterocycles. The normalized spacial score (nSPS) is 14.1. The van der Waals surface area contributed by atoms with Gasteiger partial charge in [0.1, 0.15) is 11.5 Å². The summed E-state index contributed by atoms with van der Waals surface area (Å²) in [7, 11) is 0. The van der Waals surface area contributed by atoms with Crippen molar-refractivity contribution in [1.29, 1.82) is 0 Å². The fourth-order valence-electron chi connectivity index (χ4n) is 5.74. The van der Waals surface area contributed by atoms with Crippen LogP contribution in [0.25, 0.3) is 50.2 Å². The van der Waals surface area contributed by atoms with Gasteiger partial charge in [0.2, 0.25) is 0 Å². The lowest BCUT2D eigenvalue weighted by Crippen LogP contribution is -2.01. The highest BCUT2D eigenvalue weighted by Gasteiger charge is 2.36. The van der Waals surface area contributed by atoms with Crippen LogP contribution in [-0.2, 0) is 4.74 Å². The first kappa shape index (κ1) is 21.8. The van der Waals surface area contributed by atoms with Crippen LogP contribution in [-0.4, -0.2) is 0 Å². The molecule has 182 valence electrons. The topological polar surface area (TPSA) is 20.5 Å². The molecule has 0 saturated heterocycles. The van der Waals surface area contributed by atoms with Gasteiger partial charge in [-0.25, -0.2) is 4.42 Å². The third kappa shape index (κ3) is 3.53. The molecular weight excluding hydrogens is 476 g/mol. The first-order valence-corrected chi connectivity index (χ1v) is 13.2. The van der Waals surface area contributed by atoms with E-state index in [2.05, 4.69) is 103 Å². The zero-order valence-corrected chi connectivity index (χ0v) is 21.1. The summed E-state index contributed by atoms with van der Waals surface area (Å²) in [5, 5.41) is 3.39. The molecular formula is C37H23O2+. The number of fused-ring (bicyclic) bond motifs is 6. The molecule has 0 bridgehead atoms. The Balaban J connectivity index is 1.44. The molecule has 2 heteroatoms. The second-order valence-electron chi connectivity index (χ2n) is 9.92. The third-order valence-electron chi connectivity index (χ3n) is 7.57. The lowest BCUT2D eigenvalue weighted by molar-refractivity contribution is 0.467. The van der Waals surface area contributed by atoms with E-state index in [-0.39, 0.29) is 0 Å². The molecule has 5 aromatic carbocycles. The lowest BCUT2D eigenvalue weighted by Gasteiger charge is -2.20. The first-order chi connectivity index (χ1) is 19.3. The number of rotatable bonds is 2. The second kappa shape index (κ2) is 8.68. The van der Waals surface area contributed by atoms with Gasteiger partial charge in [-0.2, -0.15) is 0 Å². The number of hydrogen-bond donors (Lipinski definition) is 0. The Morgan fingerprint density at radius 3 is 1.79 bits per heavy atom. The highest BCUT2D eigenvalue weighted by atomic mass is 16.5. The molecule has 0 atom stereocenters. The van der Waals surface area contributed by atoms with Crippen LogP contribution in [0.2, 0.25) is 0 Å². The smallest absolute Gasteiger partial charge is 0.369 e. The third-order valence-corrected chi connectivity index (χ3v) is 7.57. The average Bonchev–Trinajstić information content (AvgIpc) is 3.34. The molecule has 0 fully saturated rings. The lowest BCUT2D eigenvalue weighted by atomic mass is 9.94. The Kier molecular flexibility index (Phi) is 4.86. The predicted octanol–water partition coefficient (Wildman–Crippen LogP) is 9.76. The Morgan fingerprint density at radius 2 is 1.08 bits per heavy atom. The SMILES string of the molecule is C1=C(c2ccccc2)OC(c2ccccc2)=CC1=C1c2ccccc2-c2[o+]c3c(ccc4ccccc43)cc21. The maximum absolute atomic E-state index is 6.78. The summed E-state index contributed by atoms with van der Waals surface area (Å²) in [6.07, 6.45) is 4.32. The van der Waals surface area contributed by atoms with Crippen LogP contribution < -0.4 is 0 Å². The molecule has 2 aliphatic rings. The van der Waals surface area contributed by atoms with E-state index in [1.54, 1.807) is 0 Å². The van der Waals surface area contributed by atoms with E-state index in [1.165, 1.54) is 10.9 Å². The van der Waals surface area contributed by atoms with Crippen LogP contribution in [0.1, 0.15) is 22.3 Å². The van der Waals surface area contributed by atoms with Crippen molar-refractivity contribution >= 4 is 38.8 Å². The summed E-state index contributed by atoms with van der Waals surface area (Å²) in [5.41, 5.74) is 8.63. The molecule has 0 N–H and O–H groups in total. The zero-order chi connectivity index (χ0) is 25.8. The van der Waals surface area contributed by atoms with Crippen molar-refractivity contribution in [2.45, 2.75) is 0 Å². The van der Waals surface area contributed by atoms with Gasteiger partial charge >= 0.3 is 11.3 Å². The van der Waals surface area contributed by atoms with Gasteiger partial charge in [-0.1, -0.05) is 103 Å². The number of allylic oxidation sites excluding steroid dienone is 3. The molecule has 8 rings (SSSR count). The summed E-state index contributed by atoms with van der Waals surface area (Å²) < 4.78 is 13.3. The van der Waals surface area contributed by atoms with Crippen LogP contribution in [0.5, 0.6) is 0 Å². The summed E-state index contributed by atoms with van der Waals surface area (Å²) in [4.78, 5) is 0. The van der Waals surface area contributed by atoms with E-state index in [9.17, 15) is 0 Å². The van der Waals surface area contributed by atoms with E-state index < -0.39 is 0 Å². The van der Waals surface area contributed by atoms with Crippen LogP contribution in [0.4, 0.5) is 0 Å². The molecule has 1 aliphatic heterocycles. The minimum atomic E-state index is 0.828. The average molecular weight is 500 g/mol. The second-order valence-corrected chi connectivity index (χ2v) is 9.92. The largest absolute Gasteiger partial charge is 0.456 e. The minimum absolute atomic E-state index is 0.828. The highest BCUT2D eigenvalue weighted by molar-refractivity contribution is 6.09. The van der Waals surface area contributed by atoms with E-state index >= 15 is 0 Å². The van der Waals surface area contributed by atoms with Crippen LogP contribution in [0.15, 0.2) is 150 Å². The Bertz CT molecular complexity index is 1950. The van der Waals surface area contributed by atoms with Gasteiger partial charge in [0.15, 0.2) is 0 Å². The number of ether oxygens (including phenoxy) is 1. The molecule has 0 radical (unpaired) electrons. The quantitative estimate of drug-likeness (QED) is 0.174. The zero-order valence-electron chi connectivity index (χ0n) is 21.1. The molecule has 2 nitrogen and oxygen atoms in total.